The Balaban J connectivity index is 1.68. The molecule has 1 amide bonds. The summed E-state index contributed by atoms with van der Waals surface area (Å²) in [6, 6.07) is 9.99. The van der Waals surface area contributed by atoms with Crippen molar-refractivity contribution >= 4 is 17.2 Å². The first-order valence-electron chi connectivity index (χ1n) is 8.50. The first-order chi connectivity index (χ1) is 12.0. The molecule has 1 aliphatic heterocycles. The molecule has 3 N–H and O–H groups in total. The van der Waals surface area contributed by atoms with E-state index in [0.29, 0.717) is 13.1 Å². The number of hydrogen-bond donors (Lipinski definition) is 2. The molecule has 1 aliphatic rings. The van der Waals surface area contributed by atoms with Crippen LogP contribution in [-0.4, -0.2) is 37.0 Å². The Morgan fingerprint density at radius 1 is 1.40 bits per heavy atom. The molecule has 1 aromatic heterocycles. The lowest BCUT2D eigenvalue weighted by atomic mass is 9.90. The lowest BCUT2D eigenvalue weighted by molar-refractivity contribution is -0.122. The van der Waals surface area contributed by atoms with E-state index in [-0.39, 0.29) is 23.2 Å². The van der Waals surface area contributed by atoms with E-state index in [1.807, 2.05) is 17.5 Å². The molecule has 0 spiro atoms. The number of thiophene rings is 1. The molecule has 1 fully saturated rings. The Morgan fingerprint density at radius 2 is 2.16 bits per heavy atom. The second kappa shape index (κ2) is 7.64. The van der Waals surface area contributed by atoms with E-state index in [4.69, 9.17) is 5.73 Å². The number of rotatable bonds is 6. The van der Waals surface area contributed by atoms with Gasteiger partial charge >= 0.3 is 0 Å². The van der Waals surface area contributed by atoms with Crippen LogP contribution in [0.2, 0.25) is 0 Å². The van der Waals surface area contributed by atoms with E-state index in [0.717, 1.165) is 30.0 Å². The summed E-state index contributed by atoms with van der Waals surface area (Å²) >= 11 is 1.58. The van der Waals surface area contributed by atoms with Crippen molar-refractivity contribution in [2.24, 2.45) is 11.1 Å². The summed E-state index contributed by atoms with van der Waals surface area (Å²) in [6.45, 7) is 4.90. The fourth-order valence-corrected chi connectivity index (χ4v) is 4.07. The molecule has 25 heavy (non-hydrogen) atoms. The lowest BCUT2D eigenvalue weighted by Crippen LogP contribution is -2.39. The number of halogens is 1. The van der Waals surface area contributed by atoms with Crippen LogP contribution in [0.4, 0.5) is 4.39 Å². The summed E-state index contributed by atoms with van der Waals surface area (Å²) < 4.78 is 13.2. The van der Waals surface area contributed by atoms with Crippen LogP contribution < -0.4 is 11.1 Å². The molecule has 2 aromatic rings. The number of nitrogens with one attached hydrogen (secondary N) is 1. The molecular formula is C19H24FN3OS. The fourth-order valence-electron chi connectivity index (χ4n) is 3.27. The van der Waals surface area contributed by atoms with Crippen molar-refractivity contribution in [3.63, 3.8) is 0 Å². The number of carbonyl (C=O) groups excluding carboxylic acids is 1. The van der Waals surface area contributed by atoms with Crippen molar-refractivity contribution in [1.82, 2.24) is 10.2 Å². The standard InChI is InChI=1S/C19H24FN3OS/c1-19(12-21)8-9-23(13-19)11-17(24)22-18(16-3-2-10-25-16)14-4-6-15(20)7-5-14/h2-7,10,18H,8-9,11-13,21H2,1H3,(H,22,24). The third-order valence-corrected chi connectivity index (χ3v) is 5.77. The van der Waals surface area contributed by atoms with Crippen LogP contribution in [0.1, 0.15) is 29.8 Å². The van der Waals surface area contributed by atoms with Crippen LogP contribution in [-0.2, 0) is 4.79 Å². The molecule has 0 bridgehead atoms. The molecule has 4 nitrogen and oxygen atoms in total. The van der Waals surface area contributed by atoms with Gasteiger partial charge in [-0.15, -0.1) is 11.3 Å². The van der Waals surface area contributed by atoms with Gasteiger partial charge in [0.15, 0.2) is 0 Å². The Hall–Kier alpha value is -1.76. The SMILES string of the molecule is CC1(CN)CCN(CC(=O)NC(c2ccc(F)cc2)c2cccs2)C1. The topological polar surface area (TPSA) is 58.4 Å². The molecular weight excluding hydrogens is 337 g/mol. The van der Waals surface area contributed by atoms with Crippen LogP contribution in [0.3, 0.4) is 0 Å². The summed E-state index contributed by atoms with van der Waals surface area (Å²) in [4.78, 5) is 15.8. The largest absolute Gasteiger partial charge is 0.343 e. The van der Waals surface area contributed by atoms with Gasteiger partial charge in [-0.1, -0.05) is 25.1 Å². The minimum absolute atomic E-state index is 0.0241. The zero-order valence-electron chi connectivity index (χ0n) is 14.4. The van der Waals surface area contributed by atoms with E-state index in [9.17, 15) is 9.18 Å². The molecule has 134 valence electrons. The minimum atomic E-state index is -0.279. The number of hydrogen-bond acceptors (Lipinski definition) is 4. The van der Waals surface area contributed by atoms with Gasteiger partial charge < -0.3 is 11.1 Å². The van der Waals surface area contributed by atoms with Crippen molar-refractivity contribution in [2.45, 2.75) is 19.4 Å². The monoisotopic (exact) mass is 361 g/mol. The third-order valence-electron chi connectivity index (χ3n) is 4.83. The van der Waals surface area contributed by atoms with Crippen LogP contribution >= 0.6 is 11.3 Å². The normalized spacial score (nSPS) is 22.0. The van der Waals surface area contributed by atoms with Gasteiger partial charge in [-0.25, -0.2) is 4.39 Å². The second-order valence-corrected chi connectivity index (χ2v) is 8.02. The predicted octanol–water partition coefficient (Wildman–Crippen LogP) is 2.76. The zero-order chi connectivity index (χ0) is 17.9. The average Bonchev–Trinajstić information content (AvgIpc) is 3.24. The smallest absolute Gasteiger partial charge is 0.234 e. The number of benzene rings is 1. The number of amides is 1. The highest BCUT2D eigenvalue weighted by Crippen LogP contribution is 2.29. The molecule has 0 radical (unpaired) electrons. The highest BCUT2D eigenvalue weighted by Gasteiger charge is 2.33. The molecule has 1 saturated heterocycles. The summed E-state index contributed by atoms with van der Waals surface area (Å²) in [5.41, 5.74) is 6.82. The molecule has 1 aromatic carbocycles. The molecule has 2 atom stereocenters. The Kier molecular flexibility index (Phi) is 5.51. The maximum absolute atomic E-state index is 13.2. The summed E-state index contributed by atoms with van der Waals surface area (Å²) in [5, 5.41) is 5.08. The maximum Gasteiger partial charge on any atom is 0.234 e. The van der Waals surface area contributed by atoms with Crippen LogP contribution in [0.25, 0.3) is 0 Å². The number of likely N-dealkylation sites (tertiary alicyclic amines) is 1. The van der Waals surface area contributed by atoms with Crippen molar-refractivity contribution < 1.29 is 9.18 Å². The Labute approximate surface area is 151 Å². The van der Waals surface area contributed by atoms with Gasteiger partial charge in [0.25, 0.3) is 0 Å². The van der Waals surface area contributed by atoms with Crippen LogP contribution in [0.5, 0.6) is 0 Å². The molecule has 2 unspecified atom stereocenters. The Bertz CT molecular complexity index is 704. The quantitative estimate of drug-likeness (QED) is 0.832. The number of nitrogens with zero attached hydrogens (tertiary/aromatic N) is 1. The molecule has 0 aliphatic carbocycles. The van der Waals surface area contributed by atoms with Crippen molar-refractivity contribution in [1.29, 1.82) is 0 Å². The highest BCUT2D eigenvalue weighted by molar-refractivity contribution is 7.10. The molecule has 6 heteroatoms. The number of carbonyl (C=O) groups is 1. The highest BCUT2D eigenvalue weighted by atomic mass is 32.1. The van der Waals surface area contributed by atoms with Gasteiger partial charge in [0.1, 0.15) is 5.82 Å². The average molecular weight is 361 g/mol. The van der Waals surface area contributed by atoms with Gasteiger partial charge in [-0.2, -0.15) is 0 Å². The van der Waals surface area contributed by atoms with E-state index in [2.05, 4.69) is 17.1 Å². The van der Waals surface area contributed by atoms with E-state index >= 15 is 0 Å². The van der Waals surface area contributed by atoms with Gasteiger partial charge in [-0.05, 0) is 54.1 Å². The summed E-state index contributed by atoms with van der Waals surface area (Å²) in [7, 11) is 0. The van der Waals surface area contributed by atoms with Crippen molar-refractivity contribution in [3.05, 3.63) is 58.0 Å². The van der Waals surface area contributed by atoms with Gasteiger partial charge in [0.05, 0.1) is 12.6 Å². The zero-order valence-corrected chi connectivity index (χ0v) is 15.2. The fraction of sp³-hybridized carbons (Fsp3) is 0.421. The molecule has 3 rings (SSSR count). The predicted molar refractivity (Wildman–Crippen MR) is 98.9 cm³/mol. The summed E-state index contributed by atoms with van der Waals surface area (Å²) in [5.74, 6) is -0.304. The summed E-state index contributed by atoms with van der Waals surface area (Å²) in [6.07, 6.45) is 1.02. The first-order valence-corrected chi connectivity index (χ1v) is 9.38. The third kappa shape index (κ3) is 4.45. The van der Waals surface area contributed by atoms with Crippen molar-refractivity contribution in [2.75, 3.05) is 26.2 Å². The van der Waals surface area contributed by atoms with Gasteiger partial charge in [-0.3, -0.25) is 9.69 Å². The lowest BCUT2D eigenvalue weighted by Gasteiger charge is -2.23. The van der Waals surface area contributed by atoms with E-state index in [1.54, 1.807) is 23.5 Å². The van der Waals surface area contributed by atoms with Crippen molar-refractivity contribution in [3.8, 4) is 0 Å². The first kappa shape index (κ1) is 18.0. The van der Waals surface area contributed by atoms with Crippen LogP contribution in [0.15, 0.2) is 41.8 Å². The molecule has 0 saturated carbocycles. The molecule has 2 heterocycles. The maximum atomic E-state index is 13.2. The van der Waals surface area contributed by atoms with E-state index in [1.165, 1.54) is 12.1 Å². The minimum Gasteiger partial charge on any atom is -0.343 e. The second-order valence-electron chi connectivity index (χ2n) is 7.04. The Morgan fingerprint density at radius 3 is 2.76 bits per heavy atom. The number of nitrogens with two attached hydrogens (primary N) is 1. The van der Waals surface area contributed by atoms with Crippen LogP contribution in [0, 0.1) is 11.2 Å². The van der Waals surface area contributed by atoms with Gasteiger partial charge in [0, 0.05) is 11.4 Å². The van der Waals surface area contributed by atoms with Gasteiger partial charge in [0.2, 0.25) is 5.91 Å². The van der Waals surface area contributed by atoms with E-state index < -0.39 is 0 Å².